The first-order valence-electron chi connectivity index (χ1n) is 7.77. The lowest BCUT2D eigenvalue weighted by Gasteiger charge is -2.42. The van der Waals surface area contributed by atoms with Gasteiger partial charge in [-0.3, -0.25) is 4.79 Å². The largest absolute Gasteiger partial charge is 0.371 e. The molecule has 0 radical (unpaired) electrons. The molecule has 1 aromatic rings. The molecule has 1 amide bonds. The number of likely N-dealkylation sites (tertiary alicyclic amines) is 1. The van der Waals surface area contributed by atoms with E-state index in [0.717, 1.165) is 24.2 Å². The van der Waals surface area contributed by atoms with Gasteiger partial charge in [0.25, 0.3) is 0 Å². The number of aromatic nitrogens is 2. The summed E-state index contributed by atoms with van der Waals surface area (Å²) in [6.45, 7) is 0. The predicted octanol–water partition coefficient (Wildman–Crippen LogP) is 1.35. The first kappa shape index (κ1) is 14.2. The van der Waals surface area contributed by atoms with Crippen LogP contribution in [-0.4, -0.2) is 50.7 Å². The van der Waals surface area contributed by atoms with Gasteiger partial charge in [-0.15, -0.1) is 0 Å². The fourth-order valence-corrected chi connectivity index (χ4v) is 4.50. The smallest absolute Gasteiger partial charge is 0.226 e. The van der Waals surface area contributed by atoms with Crippen LogP contribution in [0.25, 0.3) is 0 Å². The van der Waals surface area contributed by atoms with Crippen LogP contribution in [0.3, 0.4) is 0 Å². The molecule has 2 aliphatic heterocycles. The number of rotatable bonds is 1. The minimum atomic E-state index is -0.825. The minimum Gasteiger partial charge on any atom is -0.371 e. The van der Waals surface area contributed by atoms with E-state index in [0.29, 0.717) is 18.9 Å². The molecule has 1 spiro atoms. The predicted molar refractivity (Wildman–Crippen MR) is 81.6 cm³/mol. The molecule has 4 rings (SSSR count). The molecular formula is C15H19ClN4O2. The van der Waals surface area contributed by atoms with Crippen molar-refractivity contribution in [2.45, 2.75) is 56.3 Å². The molecular weight excluding hydrogens is 304 g/mol. The van der Waals surface area contributed by atoms with E-state index >= 15 is 0 Å². The fraction of sp³-hybridized carbons (Fsp3) is 0.667. The van der Waals surface area contributed by atoms with E-state index in [-0.39, 0.29) is 11.2 Å². The maximum Gasteiger partial charge on any atom is 0.226 e. The zero-order valence-electron chi connectivity index (χ0n) is 12.5. The number of aliphatic hydroxyl groups excluding tert-OH is 1. The summed E-state index contributed by atoms with van der Waals surface area (Å²) >= 11 is 6.00. The SMILES string of the molecule is CN1C(=O)CC2(Cc3cnc(Cl)nc3N2C2CCCC2)C1O. The second-order valence-corrected chi connectivity index (χ2v) is 6.97. The highest BCUT2D eigenvalue weighted by Crippen LogP contribution is 2.49. The van der Waals surface area contributed by atoms with Crippen molar-refractivity contribution in [2.75, 3.05) is 11.9 Å². The summed E-state index contributed by atoms with van der Waals surface area (Å²) < 4.78 is 0. The number of hydrogen-bond acceptors (Lipinski definition) is 5. The van der Waals surface area contributed by atoms with Crippen LogP contribution < -0.4 is 4.90 Å². The fourth-order valence-electron chi connectivity index (χ4n) is 4.37. The first-order chi connectivity index (χ1) is 10.5. The summed E-state index contributed by atoms with van der Waals surface area (Å²) in [7, 11) is 1.66. The molecule has 0 aromatic carbocycles. The molecule has 1 aliphatic carbocycles. The highest BCUT2D eigenvalue weighted by molar-refractivity contribution is 6.28. The number of amides is 1. The molecule has 2 atom stereocenters. The Labute approximate surface area is 134 Å². The van der Waals surface area contributed by atoms with Gasteiger partial charge >= 0.3 is 0 Å². The third-order valence-electron chi connectivity index (χ3n) is 5.40. The molecule has 6 nitrogen and oxygen atoms in total. The Hall–Kier alpha value is -1.40. The van der Waals surface area contributed by atoms with Crippen LogP contribution in [0.15, 0.2) is 6.20 Å². The summed E-state index contributed by atoms with van der Waals surface area (Å²) in [5.74, 6) is 0.774. The Morgan fingerprint density at radius 2 is 2.09 bits per heavy atom. The van der Waals surface area contributed by atoms with Crippen molar-refractivity contribution >= 4 is 23.3 Å². The van der Waals surface area contributed by atoms with Gasteiger partial charge < -0.3 is 14.9 Å². The highest BCUT2D eigenvalue weighted by Gasteiger charge is 2.59. The van der Waals surface area contributed by atoms with Gasteiger partial charge in [0.15, 0.2) is 6.23 Å². The Balaban J connectivity index is 1.84. The maximum atomic E-state index is 12.2. The van der Waals surface area contributed by atoms with Gasteiger partial charge in [-0.1, -0.05) is 12.8 Å². The lowest BCUT2D eigenvalue weighted by molar-refractivity contribution is -0.131. The molecule has 7 heteroatoms. The van der Waals surface area contributed by atoms with Crippen molar-refractivity contribution in [1.82, 2.24) is 14.9 Å². The van der Waals surface area contributed by atoms with Gasteiger partial charge in [0.1, 0.15) is 5.82 Å². The van der Waals surface area contributed by atoms with E-state index in [1.807, 2.05) is 0 Å². The number of likely N-dealkylation sites (N-methyl/N-ethyl adjacent to an activating group) is 1. The van der Waals surface area contributed by atoms with Crippen LogP contribution in [-0.2, 0) is 11.2 Å². The molecule has 22 heavy (non-hydrogen) atoms. The zero-order valence-corrected chi connectivity index (χ0v) is 13.3. The first-order valence-corrected chi connectivity index (χ1v) is 8.15. The van der Waals surface area contributed by atoms with Crippen LogP contribution in [0, 0.1) is 0 Å². The Morgan fingerprint density at radius 3 is 2.73 bits per heavy atom. The molecule has 2 unspecified atom stereocenters. The summed E-state index contributed by atoms with van der Waals surface area (Å²) in [5, 5.41) is 11.0. The van der Waals surface area contributed by atoms with Gasteiger partial charge in [0.2, 0.25) is 11.2 Å². The van der Waals surface area contributed by atoms with Gasteiger partial charge in [-0.25, -0.2) is 9.97 Å². The molecule has 3 aliphatic rings. The Kier molecular flexibility index (Phi) is 3.10. The van der Waals surface area contributed by atoms with Crippen molar-refractivity contribution in [1.29, 1.82) is 0 Å². The second kappa shape index (κ2) is 4.80. The van der Waals surface area contributed by atoms with Crippen molar-refractivity contribution in [3.8, 4) is 0 Å². The van der Waals surface area contributed by atoms with Gasteiger partial charge in [0.05, 0.1) is 12.0 Å². The number of fused-ring (bicyclic) bond motifs is 1. The molecule has 2 fully saturated rings. The molecule has 118 valence electrons. The Morgan fingerprint density at radius 1 is 1.36 bits per heavy atom. The minimum absolute atomic E-state index is 0.0256. The van der Waals surface area contributed by atoms with E-state index in [9.17, 15) is 9.90 Å². The molecule has 1 saturated carbocycles. The number of hydrogen-bond donors (Lipinski definition) is 1. The van der Waals surface area contributed by atoms with Gasteiger partial charge in [-0.05, 0) is 24.4 Å². The number of carbonyl (C=O) groups excluding carboxylic acids is 1. The van der Waals surface area contributed by atoms with E-state index < -0.39 is 11.8 Å². The summed E-state index contributed by atoms with van der Waals surface area (Å²) in [4.78, 5) is 24.3. The van der Waals surface area contributed by atoms with Gasteiger partial charge in [-0.2, -0.15) is 0 Å². The third-order valence-corrected chi connectivity index (χ3v) is 5.59. The molecule has 1 aromatic heterocycles. The summed E-state index contributed by atoms with van der Waals surface area (Å²) in [5.41, 5.74) is 0.348. The number of nitrogens with zero attached hydrogens (tertiary/aromatic N) is 4. The molecule has 3 heterocycles. The Bertz CT molecular complexity index is 634. The highest BCUT2D eigenvalue weighted by atomic mass is 35.5. The second-order valence-electron chi connectivity index (χ2n) is 6.63. The third kappa shape index (κ3) is 1.80. The van der Waals surface area contributed by atoms with Crippen LogP contribution in [0.5, 0.6) is 0 Å². The molecule has 1 N–H and O–H groups in total. The van der Waals surface area contributed by atoms with Crippen molar-refractivity contribution in [3.63, 3.8) is 0 Å². The van der Waals surface area contributed by atoms with Crippen LogP contribution in [0.2, 0.25) is 5.28 Å². The van der Waals surface area contributed by atoms with E-state index in [1.54, 1.807) is 13.2 Å². The van der Waals surface area contributed by atoms with Crippen LogP contribution in [0.1, 0.15) is 37.7 Å². The lowest BCUT2D eigenvalue weighted by atomic mass is 9.90. The lowest BCUT2D eigenvalue weighted by Crippen LogP contribution is -2.58. The summed E-state index contributed by atoms with van der Waals surface area (Å²) in [6, 6.07) is 0.307. The quantitative estimate of drug-likeness (QED) is 0.790. The maximum absolute atomic E-state index is 12.2. The zero-order chi connectivity index (χ0) is 15.5. The average molecular weight is 323 g/mol. The summed E-state index contributed by atoms with van der Waals surface area (Å²) in [6.07, 6.45) is 6.28. The normalized spacial score (nSPS) is 31.6. The van der Waals surface area contributed by atoms with Crippen LogP contribution in [0.4, 0.5) is 5.82 Å². The monoisotopic (exact) mass is 322 g/mol. The number of halogens is 1. The molecule has 0 bridgehead atoms. The number of aliphatic hydroxyl groups is 1. The van der Waals surface area contributed by atoms with Crippen LogP contribution >= 0.6 is 11.6 Å². The topological polar surface area (TPSA) is 69.6 Å². The number of anilines is 1. The molecule has 1 saturated heterocycles. The van der Waals surface area contributed by atoms with Gasteiger partial charge in [0, 0.05) is 31.3 Å². The average Bonchev–Trinajstić information content (AvgIpc) is 3.15. The van der Waals surface area contributed by atoms with Crippen molar-refractivity contribution in [3.05, 3.63) is 17.0 Å². The van der Waals surface area contributed by atoms with Crippen molar-refractivity contribution < 1.29 is 9.90 Å². The van der Waals surface area contributed by atoms with Crippen molar-refractivity contribution in [2.24, 2.45) is 0 Å². The van der Waals surface area contributed by atoms with E-state index in [4.69, 9.17) is 11.6 Å². The van der Waals surface area contributed by atoms with E-state index in [2.05, 4.69) is 14.9 Å². The standard InChI is InChI=1S/C15H19ClN4O2/c1-19-11(21)7-15(13(19)22)6-9-8-17-14(16)18-12(9)20(15)10-4-2-3-5-10/h8,10,13,22H,2-7H2,1H3. The number of carbonyl (C=O) groups is 1. The van der Waals surface area contributed by atoms with E-state index in [1.165, 1.54) is 17.7 Å².